The van der Waals surface area contributed by atoms with Gasteiger partial charge in [0, 0.05) is 6.04 Å². The molecule has 1 atom stereocenters. The molecule has 0 aromatic rings. The minimum Gasteiger partial charge on any atom is -0.314 e. The highest BCUT2D eigenvalue weighted by atomic mass is 14.9. The van der Waals surface area contributed by atoms with E-state index in [1.165, 1.54) is 31.3 Å². The Morgan fingerprint density at radius 3 is 2.12 bits per heavy atom. The van der Waals surface area contributed by atoms with Crippen molar-refractivity contribution in [2.75, 3.05) is 6.54 Å². The Morgan fingerprint density at radius 2 is 1.71 bits per heavy atom. The molecule has 0 amide bonds. The van der Waals surface area contributed by atoms with E-state index in [0.29, 0.717) is 6.04 Å². The van der Waals surface area contributed by atoms with Gasteiger partial charge in [0.05, 0.1) is 0 Å². The molecule has 1 nitrogen and oxygen atoms in total. The Kier molecular flexibility index (Phi) is 6.26. The number of nitrogens with one attached hydrogen (secondary N) is 1. The first-order chi connectivity index (χ1) is 8.04. The largest absolute Gasteiger partial charge is 0.314 e. The van der Waals surface area contributed by atoms with Gasteiger partial charge in [0.15, 0.2) is 0 Å². The zero-order valence-corrected chi connectivity index (χ0v) is 12.3. The maximum Gasteiger partial charge on any atom is 0.0132 e. The molecule has 0 bridgehead atoms. The number of hydrogen-bond donors (Lipinski definition) is 1. The molecule has 1 N–H and O–H groups in total. The first-order valence-corrected chi connectivity index (χ1v) is 7.42. The fourth-order valence-corrected chi connectivity index (χ4v) is 3.26. The van der Waals surface area contributed by atoms with Crippen molar-refractivity contribution >= 4 is 0 Å². The van der Waals surface area contributed by atoms with E-state index >= 15 is 0 Å². The summed E-state index contributed by atoms with van der Waals surface area (Å²) in [4.78, 5) is 0. The van der Waals surface area contributed by atoms with E-state index in [2.05, 4.69) is 39.6 Å². The summed E-state index contributed by atoms with van der Waals surface area (Å²) in [5.41, 5.74) is 1.32. The highest BCUT2D eigenvalue weighted by Crippen LogP contribution is 2.35. The van der Waals surface area contributed by atoms with Crippen LogP contribution >= 0.6 is 0 Å². The van der Waals surface area contributed by atoms with Crippen LogP contribution in [-0.4, -0.2) is 12.6 Å². The summed E-state index contributed by atoms with van der Waals surface area (Å²) < 4.78 is 0. The lowest BCUT2D eigenvalue weighted by atomic mass is 9.73. The van der Waals surface area contributed by atoms with Gasteiger partial charge < -0.3 is 5.32 Å². The molecule has 0 aromatic heterocycles. The zero-order chi connectivity index (χ0) is 12.8. The van der Waals surface area contributed by atoms with Gasteiger partial charge in [-0.3, -0.25) is 0 Å². The third kappa shape index (κ3) is 4.83. The molecule has 0 saturated heterocycles. The molecule has 0 aliphatic heterocycles. The van der Waals surface area contributed by atoms with Crippen LogP contribution in [0.15, 0.2) is 12.2 Å². The maximum absolute atomic E-state index is 4.08. The Morgan fingerprint density at radius 1 is 1.18 bits per heavy atom. The quantitative estimate of drug-likeness (QED) is 0.675. The highest BCUT2D eigenvalue weighted by Gasteiger charge is 2.28. The summed E-state index contributed by atoms with van der Waals surface area (Å²) in [5.74, 6) is 2.72. The first kappa shape index (κ1) is 14.8. The van der Waals surface area contributed by atoms with Crippen LogP contribution in [0, 0.1) is 17.8 Å². The molecule has 0 heterocycles. The maximum atomic E-state index is 4.08. The molecule has 0 spiro atoms. The van der Waals surface area contributed by atoms with Crippen LogP contribution in [0.25, 0.3) is 0 Å². The Bertz CT molecular complexity index is 224. The lowest BCUT2D eigenvalue weighted by Crippen LogP contribution is -2.38. The van der Waals surface area contributed by atoms with Crippen molar-refractivity contribution in [2.45, 2.75) is 65.8 Å². The number of rotatable bonds is 6. The Balaban J connectivity index is 2.45. The molecular weight excluding hydrogens is 206 g/mol. The van der Waals surface area contributed by atoms with E-state index < -0.39 is 0 Å². The Labute approximate surface area is 108 Å². The Hall–Kier alpha value is -0.300. The van der Waals surface area contributed by atoms with Crippen LogP contribution in [0.5, 0.6) is 0 Å². The van der Waals surface area contributed by atoms with Crippen molar-refractivity contribution in [1.29, 1.82) is 0 Å². The molecule has 0 aromatic carbocycles. The molecule has 17 heavy (non-hydrogen) atoms. The van der Waals surface area contributed by atoms with Crippen LogP contribution in [0.3, 0.4) is 0 Å². The molecule has 1 aliphatic carbocycles. The molecule has 1 rings (SSSR count). The van der Waals surface area contributed by atoms with Crippen molar-refractivity contribution in [1.82, 2.24) is 5.32 Å². The lowest BCUT2D eigenvalue weighted by Gasteiger charge is -2.36. The summed E-state index contributed by atoms with van der Waals surface area (Å²) in [7, 11) is 0. The van der Waals surface area contributed by atoms with Crippen LogP contribution in [0.4, 0.5) is 0 Å². The van der Waals surface area contributed by atoms with Crippen molar-refractivity contribution in [3.63, 3.8) is 0 Å². The van der Waals surface area contributed by atoms with Crippen LogP contribution < -0.4 is 5.32 Å². The van der Waals surface area contributed by atoms with Crippen LogP contribution in [-0.2, 0) is 0 Å². The topological polar surface area (TPSA) is 12.0 Å². The SMILES string of the molecule is C=C(C)CC(NCC)C1CCC(C(C)C)CC1. The van der Waals surface area contributed by atoms with Crippen molar-refractivity contribution in [2.24, 2.45) is 17.8 Å². The van der Waals surface area contributed by atoms with E-state index in [9.17, 15) is 0 Å². The summed E-state index contributed by atoms with van der Waals surface area (Å²) >= 11 is 0. The second-order valence-electron chi connectivity index (χ2n) is 6.24. The van der Waals surface area contributed by atoms with Gasteiger partial charge in [0.2, 0.25) is 0 Å². The van der Waals surface area contributed by atoms with Gasteiger partial charge in [0.25, 0.3) is 0 Å². The lowest BCUT2D eigenvalue weighted by molar-refractivity contribution is 0.188. The summed E-state index contributed by atoms with van der Waals surface area (Å²) in [6.45, 7) is 14.3. The van der Waals surface area contributed by atoms with Crippen LogP contribution in [0.1, 0.15) is 59.8 Å². The molecule has 1 heteroatoms. The van der Waals surface area contributed by atoms with Gasteiger partial charge in [-0.1, -0.05) is 26.3 Å². The van der Waals surface area contributed by atoms with E-state index in [1.807, 2.05) is 0 Å². The van der Waals surface area contributed by atoms with Gasteiger partial charge >= 0.3 is 0 Å². The van der Waals surface area contributed by atoms with Gasteiger partial charge in [-0.15, -0.1) is 6.58 Å². The average molecular weight is 237 g/mol. The fourth-order valence-electron chi connectivity index (χ4n) is 3.26. The van der Waals surface area contributed by atoms with Gasteiger partial charge in [-0.2, -0.15) is 0 Å². The predicted octanol–water partition coefficient (Wildman–Crippen LogP) is 4.39. The second kappa shape index (κ2) is 7.20. The van der Waals surface area contributed by atoms with Gasteiger partial charge in [-0.05, 0) is 63.3 Å². The first-order valence-electron chi connectivity index (χ1n) is 7.42. The smallest absolute Gasteiger partial charge is 0.0132 e. The average Bonchev–Trinajstić information content (AvgIpc) is 2.28. The molecule has 1 unspecified atom stereocenters. The molecule has 100 valence electrons. The summed E-state index contributed by atoms with van der Waals surface area (Å²) in [6.07, 6.45) is 6.84. The van der Waals surface area contributed by atoms with Crippen molar-refractivity contribution < 1.29 is 0 Å². The molecule has 1 fully saturated rings. The van der Waals surface area contributed by atoms with Gasteiger partial charge in [-0.25, -0.2) is 0 Å². The second-order valence-corrected chi connectivity index (χ2v) is 6.24. The van der Waals surface area contributed by atoms with E-state index in [0.717, 1.165) is 30.7 Å². The third-order valence-corrected chi connectivity index (χ3v) is 4.36. The van der Waals surface area contributed by atoms with Crippen molar-refractivity contribution in [3.05, 3.63) is 12.2 Å². The van der Waals surface area contributed by atoms with E-state index in [-0.39, 0.29) is 0 Å². The van der Waals surface area contributed by atoms with Crippen LogP contribution in [0.2, 0.25) is 0 Å². The molecule has 1 saturated carbocycles. The van der Waals surface area contributed by atoms with Gasteiger partial charge in [0.1, 0.15) is 0 Å². The third-order valence-electron chi connectivity index (χ3n) is 4.36. The predicted molar refractivity (Wildman–Crippen MR) is 77.2 cm³/mol. The standard InChI is InChI=1S/C16H31N/c1-6-17-16(11-12(2)3)15-9-7-14(8-10-15)13(4)5/h13-17H,2,6-11H2,1,3-5H3. The van der Waals surface area contributed by atoms with E-state index in [1.54, 1.807) is 0 Å². The highest BCUT2D eigenvalue weighted by molar-refractivity contribution is 4.96. The molecule has 1 aliphatic rings. The minimum atomic E-state index is 0.672. The fraction of sp³-hybridized carbons (Fsp3) is 0.875. The molecule has 0 radical (unpaired) electrons. The minimum absolute atomic E-state index is 0.672. The van der Waals surface area contributed by atoms with Crippen molar-refractivity contribution in [3.8, 4) is 0 Å². The summed E-state index contributed by atoms with van der Waals surface area (Å²) in [5, 5.41) is 3.67. The normalized spacial score (nSPS) is 27.1. The van der Waals surface area contributed by atoms with E-state index in [4.69, 9.17) is 0 Å². The zero-order valence-electron chi connectivity index (χ0n) is 12.3. The molecular formula is C16H31N. The summed E-state index contributed by atoms with van der Waals surface area (Å²) in [6, 6.07) is 0.672. The number of hydrogen-bond acceptors (Lipinski definition) is 1. The monoisotopic (exact) mass is 237 g/mol.